The van der Waals surface area contributed by atoms with Crippen molar-refractivity contribution in [1.29, 1.82) is 0 Å². The van der Waals surface area contributed by atoms with E-state index in [9.17, 15) is 14.7 Å². The Morgan fingerprint density at radius 3 is 2.55 bits per heavy atom. The molecule has 1 amide bonds. The molecule has 0 bridgehead atoms. The van der Waals surface area contributed by atoms with Crippen LogP contribution in [0.1, 0.15) is 46.5 Å². The average Bonchev–Trinajstić information content (AvgIpc) is 2.83. The van der Waals surface area contributed by atoms with Crippen molar-refractivity contribution >= 4 is 11.9 Å². The second-order valence-corrected chi connectivity index (χ2v) is 7.50. The van der Waals surface area contributed by atoms with E-state index < -0.39 is 18.1 Å². The fourth-order valence-electron chi connectivity index (χ4n) is 3.81. The van der Waals surface area contributed by atoms with Gasteiger partial charge in [0.15, 0.2) is 0 Å². The standard InChI is InChI=1S/C15H26N2O3/c1-15(2,3)7-11(16)13(18)17-8-9-5-4-6-10(9)12(17)14(19)20/h9-12H,4-8,16H2,1-3H3,(H,19,20)/t9?,10?,11-,12-/m0/s1. The third-order valence-electron chi connectivity index (χ3n) is 4.58. The summed E-state index contributed by atoms with van der Waals surface area (Å²) in [6.07, 6.45) is 3.60. The normalized spacial score (nSPS) is 31.2. The van der Waals surface area contributed by atoms with Gasteiger partial charge in [0.2, 0.25) is 5.91 Å². The molecule has 114 valence electrons. The molecule has 1 saturated carbocycles. The van der Waals surface area contributed by atoms with Crippen LogP contribution >= 0.6 is 0 Å². The first-order valence-corrected chi connectivity index (χ1v) is 7.49. The van der Waals surface area contributed by atoms with Crippen LogP contribution in [-0.2, 0) is 9.59 Å². The molecule has 0 aromatic heterocycles. The van der Waals surface area contributed by atoms with Gasteiger partial charge in [0.1, 0.15) is 6.04 Å². The summed E-state index contributed by atoms with van der Waals surface area (Å²) >= 11 is 0. The van der Waals surface area contributed by atoms with Gasteiger partial charge in [-0.3, -0.25) is 4.79 Å². The number of fused-ring (bicyclic) bond motifs is 1. The van der Waals surface area contributed by atoms with E-state index >= 15 is 0 Å². The van der Waals surface area contributed by atoms with Crippen molar-refractivity contribution in [3.05, 3.63) is 0 Å². The molecule has 5 nitrogen and oxygen atoms in total. The van der Waals surface area contributed by atoms with Crippen LogP contribution in [0.4, 0.5) is 0 Å². The van der Waals surface area contributed by atoms with Crippen LogP contribution in [0.2, 0.25) is 0 Å². The molecule has 4 atom stereocenters. The third kappa shape index (κ3) is 2.97. The van der Waals surface area contributed by atoms with Gasteiger partial charge in [-0.15, -0.1) is 0 Å². The smallest absolute Gasteiger partial charge is 0.326 e. The molecule has 20 heavy (non-hydrogen) atoms. The van der Waals surface area contributed by atoms with E-state index in [1.807, 2.05) is 20.8 Å². The molecule has 2 fully saturated rings. The zero-order chi connectivity index (χ0) is 15.1. The summed E-state index contributed by atoms with van der Waals surface area (Å²) in [6, 6.07) is -1.27. The molecule has 3 N–H and O–H groups in total. The number of rotatable bonds is 3. The minimum atomic E-state index is -0.879. The van der Waals surface area contributed by atoms with Crippen molar-refractivity contribution in [3.8, 4) is 0 Å². The lowest BCUT2D eigenvalue weighted by Crippen LogP contribution is -2.50. The van der Waals surface area contributed by atoms with Crippen molar-refractivity contribution in [3.63, 3.8) is 0 Å². The highest BCUT2D eigenvalue weighted by Gasteiger charge is 2.50. The van der Waals surface area contributed by atoms with Gasteiger partial charge in [0.05, 0.1) is 6.04 Å². The maximum atomic E-state index is 12.5. The SMILES string of the molecule is CC(C)(C)C[C@H](N)C(=O)N1CC2CCCC2[C@H]1C(=O)O. The first kappa shape index (κ1) is 15.3. The van der Waals surface area contributed by atoms with E-state index in [-0.39, 0.29) is 17.2 Å². The Morgan fingerprint density at radius 1 is 1.35 bits per heavy atom. The zero-order valence-corrected chi connectivity index (χ0v) is 12.6. The lowest BCUT2D eigenvalue weighted by molar-refractivity contribution is -0.150. The van der Waals surface area contributed by atoms with E-state index in [0.29, 0.717) is 18.9 Å². The monoisotopic (exact) mass is 282 g/mol. The molecule has 0 spiro atoms. The Labute approximate surface area is 120 Å². The molecule has 5 heteroatoms. The van der Waals surface area contributed by atoms with E-state index in [4.69, 9.17) is 5.73 Å². The van der Waals surface area contributed by atoms with Gasteiger partial charge in [0.25, 0.3) is 0 Å². The molecule has 1 aliphatic heterocycles. The van der Waals surface area contributed by atoms with Gasteiger partial charge < -0.3 is 15.7 Å². The number of hydrogen-bond acceptors (Lipinski definition) is 3. The minimum absolute atomic E-state index is 0.0383. The number of nitrogens with zero attached hydrogens (tertiary/aromatic N) is 1. The first-order chi connectivity index (χ1) is 9.20. The molecule has 2 unspecified atom stereocenters. The molecule has 2 aliphatic rings. The highest BCUT2D eigenvalue weighted by atomic mass is 16.4. The highest BCUT2D eigenvalue weighted by Crippen LogP contribution is 2.42. The number of carbonyl (C=O) groups is 2. The number of aliphatic carboxylic acids is 1. The fourth-order valence-corrected chi connectivity index (χ4v) is 3.81. The van der Waals surface area contributed by atoms with Gasteiger partial charge in [0, 0.05) is 6.54 Å². The fraction of sp³-hybridized carbons (Fsp3) is 0.867. The summed E-state index contributed by atoms with van der Waals surface area (Å²) in [5, 5.41) is 9.46. The predicted octanol–water partition coefficient (Wildman–Crippen LogP) is 1.46. The maximum absolute atomic E-state index is 12.5. The van der Waals surface area contributed by atoms with E-state index in [0.717, 1.165) is 19.3 Å². The molecular weight excluding hydrogens is 256 g/mol. The van der Waals surface area contributed by atoms with Crippen molar-refractivity contribution in [1.82, 2.24) is 4.90 Å². The topological polar surface area (TPSA) is 83.6 Å². The van der Waals surface area contributed by atoms with Gasteiger partial charge in [-0.05, 0) is 36.5 Å². The average molecular weight is 282 g/mol. The molecule has 0 aromatic carbocycles. The van der Waals surface area contributed by atoms with Crippen molar-refractivity contribution in [2.45, 2.75) is 58.5 Å². The second kappa shape index (κ2) is 5.35. The molecular formula is C15H26N2O3. The van der Waals surface area contributed by atoms with E-state index in [2.05, 4.69) is 0 Å². The van der Waals surface area contributed by atoms with Gasteiger partial charge in [-0.2, -0.15) is 0 Å². The van der Waals surface area contributed by atoms with Crippen LogP contribution in [0.5, 0.6) is 0 Å². The molecule has 0 aromatic rings. The van der Waals surface area contributed by atoms with Gasteiger partial charge >= 0.3 is 5.97 Å². The van der Waals surface area contributed by atoms with Crippen LogP contribution in [0, 0.1) is 17.3 Å². The summed E-state index contributed by atoms with van der Waals surface area (Å²) in [5.74, 6) is -0.599. The number of carbonyl (C=O) groups excluding carboxylic acids is 1. The Kier molecular flexibility index (Phi) is 4.09. The first-order valence-electron chi connectivity index (χ1n) is 7.49. The van der Waals surface area contributed by atoms with Gasteiger partial charge in [-0.1, -0.05) is 27.2 Å². The number of carboxylic acid groups (broad SMARTS) is 1. The molecule has 0 radical (unpaired) electrons. The molecule has 1 aliphatic carbocycles. The van der Waals surface area contributed by atoms with Crippen molar-refractivity contribution in [2.24, 2.45) is 23.0 Å². The quantitative estimate of drug-likeness (QED) is 0.821. The van der Waals surface area contributed by atoms with Crippen molar-refractivity contribution in [2.75, 3.05) is 6.54 Å². The molecule has 1 saturated heterocycles. The Balaban J connectivity index is 2.11. The van der Waals surface area contributed by atoms with E-state index in [1.165, 1.54) is 4.90 Å². The molecule has 1 heterocycles. The molecule has 2 rings (SSSR count). The Bertz CT molecular complexity index is 402. The second-order valence-electron chi connectivity index (χ2n) is 7.50. The zero-order valence-electron chi connectivity index (χ0n) is 12.6. The summed E-state index contributed by atoms with van der Waals surface area (Å²) < 4.78 is 0. The van der Waals surface area contributed by atoms with Gasteiger partial charge in [-0.25, -0.2) is 4.79 Å². The minimum Gasteiger partial charge on any atom is -0.480 e. The predicted molar refractivity (Wildman–Crippen MR) is 76.0 cm³/mol. The summed E-state index contributed by atoms with van der Waals surface area (Å²) in [7, 11) is 0. The highest BCUT2D eigenvalue weighted by molar-refractivity contribution is 5.87. The number of amides is 1. The van der Waals surface area contributed by atoms with E-state index in [1.54, 1.807) is 0 Å². The van der Waals surface area contributed by atoms with Crippen molar-refractivity contribution < 1.29 is 14.7 Å². The summed E-state index contributed by atoms with van der Waals surface area (Å²) in [6.45, 7) is 6.67. The number of nitrogens with two attached hydrogens (primary N) is 1. The number of hydrogen-bond donors (Lipinski definition) is 2. The van der Waals surface area contributed by atoms with Crippen LogP contribution in [0.25, 0.3) is 0 Å². The Hall–Kier alpha value is -1.10. The summed E-state index contributed by atoms with van der Waals surface area (Å²) in [5.41, 5.74) is 5.97. The van der Waals surface area contributed by atoms with Crippen LogP contribution in [0.15, 0.2) is 0 Å². The number of carboxylic acids is 1. The third-order valence-corrected chi connectivity index (χ3v) is 4.58. The summed E-state index contributed by atoms with van der Waals surface area (Å²) in [4.78, 5) is 25.6. The lowest BCUT2D eigenvalue weighted by Gasteiger charge is -2.29. The largest absolute Gasteiger partial charge is 0.480 e. The number of likely N-dealkylation sites (tertiary alicyclic amines) is 1. The lowest BCUT2D eigenvalue weighted by atomic mass is 9.88. The maximum Gasteiger partial charge on any atom is 0.326 e. The Morgan fingerprint density at radius 2 is 2.00 bits per heavy atom. The van der Waals surface area contributed by atoms with Crippen LogP contribution < -0.4 is 5.73 Å². The van der Waals surface area contributed by atoms with Crippen LogP contribution in [0.3, 0.4) is 0 Å². The van der Waals surface area contributed by atoms with Crippen LogP contribution in [-0.4, -0.2) is 40.5 Å².